The van der Waals surface area contributed by atoms with Crippen LogP contribution in [0.1, 0.15) is 33.2 Å². The van der Waals surface area contributed by atoms with Crippen LogP contribution in [0.25, 0.3) is 0 Å². The van der Waals surface area contributed by atoms with Gasteiger partial charge in [0.25, 0.3) is 5.91 Å². The number of halogens is 2. The molecule has 0 unspecified atom stereocenters. The van der Waals surface area contributed by atoms with Gasteiger partial charge in [-0.2, -0.15) is 5.10 Å². The van der Waals surface area contributed by atoms with Crippen molar-refractivity contribution in [1.29, 1.82) is 0 Å². The van der Waals surface area contributed by atoms with E-state index in [1.165, 1.54) is 6.21 Å². The molecule has 0 spiro atoms. The molecule has 0 saturated carbocycles. The van der Waals surface area contributed by atoms with Crippen molar-refractivity contribution >= 4 is 50.0 Å². The highest BCUT2D eigenvalue weighted by Crippen LogP contribution is 2.24. The van der Waals surface area contributed by atoms with E-state index in [0.29, 0.717) is 34.8 Å². The van der Waals surface area contributed by atoms with Crippen molar-refractivity contribution in [3.05, 3.63) is 92.4 Å². The molecule has 3 aromatic carbocycles. The predicted molar refractivity (Wildman–Crippen MR) is 126 cm³/mol. The minimum atomic E-state index is -0.489. The molecular weight excluding hydrogens is 528 g/mol. The van der Waals surface area contributed by atoms with E-state index in [2.05, 4.69) is 42.4 Å². The molecule has 0 aliphatic heterocycles. The number of hydrogen-bond donors (Lipinski definition) is 1. The second-order valence-corrected chi connectivity index (χ2v) is 8.04. The van der Waals surface area contributed by atoms with Gasteiger partial charge in [0.1, 0.15) is 11.5 Å². The molecule has 0 atom stereocenters. The van der Waals surface area contributed by atoms with Crippen LogP contribution in [-0.2, 0) is 0 Å². The number of hydrogen-bond acceptors (Lipinski definition) is 5. The Morgan fingerprint density at radius 2 is 1.65 bits per heavy atom. The van der Waals surface area contributed by atoms with Gasteiger partial charge in [-0.25, -0.2) is 10.2 Å². The Balaban J connectivity index is 1.77. The van der Waals surface area contributed by atoms with Gasteiger partial charge in [0.15, 0.2) is 0 Å². The molecule has 0 bridgehead atoms. The smallest absolute Gasteiger partial charge is 0.343 e. The summed E-state index contributed by atoms with van der Waals surface area (Å²) >= 11 is 6.74. The van der Waals surface area contributed by atoms with E-state index in [0.717, 1.165) is 8.95 Å². The lowest BCUT2D eigenvalue weighted by Crippen LogP contribution is -2.19. The van der Waals surface area contributed by atoms with Crippen LogP contribution in [-0.4, -0.2) is 24.7 Å². The molecule has 0 saturated heterocycles. The van der Waals surface area contributed by atoms with Crippen molar-refractivity contribution in [1.82, 2.24) is 5.43 Å². The SMILES string of the molecule is CCOc1ccc(Br)cc1C(=O)N/N=C/c1cc(Br)ccc1OC(=O)c1ccccc1. The Morgan fingerprint density at radius 3 is 2.35 bits per heavy atom. The number of esters is 1. The zero-order valence-electron chi connectivity index (χ0n) is 16.5. The van der Waals surface area contributed by atoms with Gasteiger partial charge in [-0.1, -0.05) is 50.1 Å². The molecule has 1 N–H and O–H groups in total. The Hall–Kier alpha value is -2.97. The number of rotatable bonds is 7. The summed E-state index contributed by atoms with van der Waals surface area (Å²) in [7, 11) is 0. The van der Waals surface area contributed by atoms with Gasteiger partial charge in [-0.3, -0.25) is 4.79 Å². The first-order chi connectivity index (χ1) is 15.0. The van der Waals surface area contributed by atoms with Gasteiger partial charge in [0, 0.05) is 14.5 Å². The van der Waals surface area contributed by atoms with E-state index < -0.39 is 11.9 Å². The third kappa shape index (κ3) is 6.26. The van der Waals surface area contributed by atoms with Crippen LogP contribution in [0.15, 0.2) is 80.8 Å². The van der Waals surface area contributed by atoms with Gasteiger partial charge >= 0.3 is 5.97 Å². The van der Waals surface area contributed by atoms with Gasteiger partial charge in [0.2, 0.25) is 0 Å². The van der Waals surface area contributed by atoms with Gasteiger partial charge in [-0.05, 0) is 55.5 Å². The fourth-order valence-corrected chi connectivity index (χ4v) is 3.37. The first kappa shape index (κ1) is 22.7. The topological polar surface area (TPSA) is 77.0 Å². The lowest BCUT2D eigenvalue weighted by atomic mass is 10.2. The number of carbonyl (C=O) groups is 2. The number of hydrazone groups is 1. The summed E-state index contributed by atoms with van der Waals surface area (Å²) in [6.45, 7) is 2.27. The minimum Gasteiger partial charge on any atom is -0.493 e. The minimum absolute atomic E-state index is 0.313. The summed E-state index contributed by atoms with van der Waals surface area (Å²) in [5.41, 5.74) is 3.77. The zero-order chi connectivity index (χ0) is 22.2. The van der Waals surface area contributed by atoms with Crippen molar-refractivity contribution in [2.45, 2.75) is 6.92 Å². The van der Waals surface area contributed by atoms with Crippen LogP contribution in [0.2, 0.25) is 0 Å². The summed E-state index contributed by atoms with van der Waals surface area (Å²) in [6.07, 6.45) is 1.41. The maximum absolute atomic E-state index is 12.6. The molecule has 1 amide bonds. The Morgan fingerprint density at radius 1 is 0.968 bits per heavy atom. The second-order valence-electron chi connectivity index (χ2n) is 6.21. The zero-order valence-corrected chi connectivity index (χ0v) is 19.6. The van der Waals surface area contributed by atoms with Crippen molar-refractivity contribution in [3.8, 4) is 11.5 Å². The molecular formula is C23H18Br2N2O4. The lowest BCUT2D eigenvalue weighted by molar-refractivity contribution is 0.0734. The Kier molecular flexibility index (Phi) is 7.97. The lowest BCUT2D eigenvalue weighted by Gasteiger charge is -2.10. The number of nitrogens with zero attached hydrogens (tertiary/aromatic N) is 1. The van der Waals surface area contributed by atoms with Crippen LogP contribution >= 0.6 is 31.9 Å². The van der Waals surface area contributed by atoms with Gasteiger partial charge in [0.05, 0.1) is 23.9 Å². The molecule has 31 heavy (non-hydrogen) atoms. The highest BCUT2D eigenvalue weighted by Gasteiger charge is 2.14. The van der Waals surface area contributed by atoms with Gasteiger partial charge in [-0.15, -0.1) is 0 Å². The Bertz CT molecular complexity index is 1120. The van der Waals surface area contributed by atoms with E-state index in [1.807, 2.05) is 13.0 Å². The van der Waals surface area contributed by atoms with Crippen molar-refractivity contribution < 1.29 is 19.1 Å². The molecule has 0 heterocycles. The molecule has 158 valence electrons. The fourth-order valence-electron chi connectivity index (χ4n) is 2.63. The number of ether oxygens (including phenoxy) is 2. The fraction of sp³-hybridized carbons (Fsp3) is 0.0870. The second kappa shape index (κ2) is 10.9. The van der Waals surface area contributed by atoms with Crippen molar-refractivity contribution in [2.24, 2.45) is 5.10 Å². The first-order valence-corrected chi connectivity index (χ1v) is 10.9. The predicted octanol–water partition coefficient (Wildman–Crippen LogP) is 5.59. The maximum Gasteiger partial charge on any atom is 0.343 e. The van der Waals surface area contributed by atoms with E-state index in [4.69, 9.17) is 9.47 Å². The maximum atomic E-state index is 12.6. The van der Waals surface area contributed by atoms with E-state index in [9.17, 15) is 9.59 Å². The summed E-state index contributed by atoms with van der Waals surface area (Å²) in [5.74, 6) is -0.151. The standard InChI is InChI=1S/C23H18Br2N2O4/c1-2-30-21-11-9-18(25)13-19(21)22(28)27-26-14-16-12-17(24)8-10-20(16)31-23(29)15-6-4-3-5-7-15/h3-14H,2H2,1H3,(H,27,28)/b26-14+. The molecule has 3 aromatic rings. The summed E-state index contributed by atoms with van der Waals surface area (Å²) in [6, 6.07) is 19.0. The van der Waals surface area contributed by atoms with Gasteiger partial charge < -0.3 is 9.47 Å². The number of carbonyl (C=O) groups excluding carboxylic acids is 2. The summed E-state index contributed by atoms with van der Waals surface area (Å²) in [5, 5.41) is 4.02. The molecule has 0 aliphatic rings. The highest BCUT2D eigenvalue weighted by molar-refractivity contribution is 9.10. The van der Waals surface area contributed by atoms with Crippen molar-refractivity contribution in [2.75, 3.05) is 6.61 Å². The first-order valence-electron chi connectivity index (χ1n) is 9.30. The van der Waals surface area contributed by atoms with Crippen LogP contribution in [0.3, 0.4) is 0 Å². The molecule has 0 radical (unpaired) electrons. The molecule has 6 nitrogen and oxygen atoms in total. The molecule has 3 rings (SSSR count). The Labute approximate surface area is 196 Å². The highest BCUT2D eigenvalue weighted by atomic mass is 79.9. The molecule has 0 aromatic heterocycles. The van der Waals surface area contributed by atoms with E-state index in [-0.39, 0.29) is 0 Å². The molecule has 0 aliphatic carbocycles. The van der Waals surface area contributed by atoms with Crippen LogP contribution in [0, 0.1) is 0 Å². The van der Waals surface area contributed by atoms with Crippen LogP contribution < -0.4 is 14.9 Å². The quantitative estimate of drug-likeness (QED) is 0.182. The van der Waals surface area contributed by atoms with Crippen LogP contribution in [0.4, 0.5) is 0 Å². The summed E-state index contributed by atoms with van der Waals surface area (Å²) in [4.78, 5) is 25.0. The number of benzene rings is 3. The van der Waals surface area contributed by atoms with E-state index in [1.54, 1.807) is 60.7 Å². The third-order valence-electron chi connectivity index (χ3n) is 4.04. The van der Waals surface area contributed by atoms with Crippen molar-refractivity contribution in [3.63, 3.8) is 0 Å². The van der Waals surface area contributed by atoms with E-state index >= 15 is 0 Å². The molecule has 8 heteroatoms. The monoisotopic (exact) mass is 544 g/mol. The average molecular weight is 546 g/mol. The third-order valence-corrected chi connectivity index (χ3v) is 5.03. The largest absolute Gasteiger partial charge is 0.493 e. The number of amides is 1. The summed E-state index contributed by atoms with van der Waals surface area (Å²) < 4.78 is 12.5. The average Bonchev–Trinajstić information content (AvgIpc) is 2.77. The number of nitrogens with one attached hydrogen (secondary N) is 1. The normalized spacial score (nSPS) is 10.7. The van der Waals surface area contributed by atoms with Crippen LogP contribution in [0.5, 0.6) is 11.5 Å². The molecule has 0 fully saturated rings.